The number of hydrogen-bond donors (Lipinski definition) is 1. The number of hydrogen-bond acceptors (Lipinski definition) is 3. The highest BCUT2D eigenvalue weighted by Gasteiger charge is 2.10. The highest BCUT2D eigenvalue weighted by Crippen LogP contribution is 2.14. The number of carbonyl (C=O) groups is 1. The van der Waals surface area contributed by atoms with Gasteiger partial charge in [0, 0.05) is 19.5 Å². The van der Waals surface area contributed by atoms with Crippen LogP contribution >= 0.6 is 0 Å². The molecule has 0 saturated heterocycles. The monoisotopic (exact) mass is 265 g/mol. The Morgan fingerprint density at radius 1 is 1.37 bits per heavy atom. The van der Waals surface area contributed by atoms with Crippen LogP contribution in [0.15, 0.2) is 24.3 Å². The maximum atomic E-state index is 10.6. The highest BCUT2D eigenvalue weighted by molar-refractivity contribution is 5.66. The smallest absolute Gasteiger partial charge is 0.303 e. The van der Waals surface area contributed by atoms with Crippen molar-refractivity contribution in [3.05, 3.63) is 29.8 Å². The Balaban J connectivity index is 2.43. The van der Waals surface area contributed by atoms with Gasteiger partial charge in [0.1, 0.15) is 5.75 Å². The summed E-state index contributed by atoms with van der Waals surface area (Å²) in [6.07, 6.45) is 0.216. The summed E-state index contributed by atoms with van der Waals surface area (Å²) in [6, 6.07) is 8.02. The molecule has 19 heavy (non-hydrogen) atoms. The number of nitrogens with zero attached hydrogens (tertiary/aromatic N) is 1. The Hall–Kier alpha value is -1.55. The molecule has 1 rings (SSSR count). The first-order valence-electron chi connectivity index (χ1n) is 6.63. The molecule has 0 aliphatic rings. The van der Waals surface area contributed by atoms with E-state index in [0.717, 1.165) is 18.8 Å². The summed E-state index contributed by atoms with van der Waals surface area (Å²) in [7, 11) is 2.01. The van der Waals surface area contributed by atoms with Crippen molar-refractivity contribution in [2.24, 2.45) is 5.92 Å². The molecule has 1 atom stereocenters. The van der Waals surface area contributed by atoms with E-state index >= 15 is 0 Å². The lowest BCUT2D eigenvalue weighted by molar-refractivity contribution is -0.138. The molecule has 1 aromatic carbocycles. The quantitative estimate of drug-likeness (QED) is 0.785. The summed E-state index contributed by atoms with van der Waals surface area (Å²) < 4.78 is 5.40. The van der Waals surface area contributed by atoms with Crippen molar-refractivity contribution in [1.82, 2.24) is 4.90 Å². The lowest BCUT2D eigenvalue weighted by Crippen LogP contribution is -2.25. The fourth-order valence-corrected chi connectivity index (χ4v) is 2.13. The van der Waals surface area contributed by atoms with E-state index in [1.165, 1.54) is 5.56 Å². The molecule has 0 spiro atoms. The minimum atomic E-state index is -0.734. The molecule has 106 valence electrons. The maximum Gasteiger partial charge on any atom is 0.303 e. The Morgan fingerprint density at radius 3 is 2.53 bits per heavy atom. The van der Waals surface area contributed by atoms with Crippen molar-refractivity contribution in [2.45, 2.75) is 26.8 Å². The Kier molecular flexibility index (Phi) is 6.36. The third-order valence-corrected chi connectivity index (χ3v) is 2.83. The van der Waals surface area contributed by atoms with Crippen molar-refractivity contribution < 1.29 is 14.6 Å². The SMILES string of the molecule is CCOc1ccc(CN(C)CC(C)CC(=O)O)cc1. The van der Waals surface area contributed by atoms with Gasteiger partial charge in [-0.1, -0.05) is 19.1 Å². The zero-order valence-electron chi connectivity index (χ0n) is 11.9. The minimum Gasteiger partial charge on any atom is -0.494 e. The van der Waals surface area contributed by atoms with Crippen LogP contribution in [0.1, 0.15) is 25.8 Å². The fourth-order valence-electron chi connectivity index (χ4n) is 2.13. The first kappa shape index (κ1) is 15.5. The highest BCUT2D eigenvalue weighted by atomic mass is 16.5. The topological polar surface area (TPSA) is 49.8 Å². The van der Waals surface area contributed by atoms with Gasteiger partial charge < -0.3 is 14.7 Å². The molecular weight excluding hydrogens is 242 g/mol. The third-order valence-electron chi connectivity index (χ3n) is 2.83. The lowest BCUT2D eigenvalue weighted by atomic mass is 10.1. The van der Waals surface area contributed by atoms with E-state index in [4.69, 9.17) is 9.84 Å². The summed E-state index contributed by atoms with van der Waals surface area (Å²) in [4.78, 5) is 12.8. The number of ether oxygens (including phenoxy) is 1. The molecule has 0 aliphatic carbocycles. The fraction of sp³-hybridized carbons (Fsp3) is 0.533. The van der Waals surface area contributed by atoms with Crippen LogP contribution in [-0.4, -0.2) is 36.2 Å². The van der Waals surface area contributed by atoms with Crippen LogP contribution < -0.4 is 4.74 Å². The molecule has 1 unspecified atom stereocenters. The molecule has 0 aliphatic heterocycles. The molecule has 4 nitrogen and oxygen atoms in total. The van der Waals surface area contributed by atoms with E-state index in [1.807, 2.05) is 45.2 Å². The number of rotatable bonds is 8. The predicted octanol–water partition coefficient (Wildman–Crippen LogP) is 2.63. The van der Waals surface area contributed by atoms with Crippen LogP contribution in [0.5, 0.6) is 5.75 Å². The van der Waals surface area contributed by atoms with Crippen LogP contribution in [0, 0.1) is 5.92 Å². The molecule has 0 bridgehead atoms. The van der Waals surface area contributed by atoms with Gasteiger partial charge in [0.25, 0.3) is 0 Å². The Morgan fingerprint density at radius 2 is 2.00 bits per heavy atom. The van der Waals surface area contributed by atoms with Gasteiger partial charge >= 0.3 is 5.97 Å². The maximum absolute atomic E-state index is 10.6. The van der Waals surface area contributed by atoms with E-state index in [9.17, 15) is 4.79 Å². The van der Waals surface area contributed by atoms with E-state index in [2.05, 4.69) is 4.90 Å². The second kappa shape index (κ2) is 7.79. The van der Waals surface area contributed by atoms with Crippen molar-refractivity contribution in [2.75, 3.05) is 20.2 Å². The van der Waals surface area contributed by atoms with Gasteiger partial charge in [0.2, 0.25) is 0 Å². The molecule has 0 heterocycles. The van der Waals surface area contributed by atoms with Crippen molar-refractivity contribution in [3.8, 4) is 5.75 Å². The summed E-state index contributed by atoms with van der Waals surface area (Å²) >= 11 is 0. The molecule has 0 aromatic heterocycles. The number of benzene rings is 1. The first-order valence-corrected chi connectivity index (χ1v) is 6.63. The molecule has 0 saturated carbocycles. The van der Waals surface area contributed by atoms with E-state index in [1.54, 1.807) is 0 Å². The first-order chi connectivity index (χ1) is 9.01. The van der Waals surface area contributed by atoms with Gasteiger partial charge in [-0.2, -0.15) is 0 Å². The van der Waals surface area contributed by atoms with E-state index in [-0.39, 0.29) is 12.3 Å². The predicted molar refractivity (Wildman–Crippen MR) is 75.4 cm³/mol. The van der Waals surface area contributed by atoms with Crippen LogP contribution in [0.2, 0.25) is 0 Å². The van der Waals surface area contributed by atoms with Crippen LogP contribution in [-0.2, 0) is 11.3 Å². The largest absolute Gasteiger partial charge is 0.494 e. The van der Waals surface area contributed by atoms with Gasteiger partial charge in [0.15, 0.2) is 0 Å². The third kappa shape index (κ3) is 6.25. The van der Waals surface area contributed by atoms with E-state index < -0.39 is 5.97 Å². The second-order valence-corrected chi connectivity index (χ2v) is 4.98. The minimum absolute atomic E-state index is 0.158. The summed E-state index contributed by atoms with van der Waals surface area (Å²) in [5.41, 5.74) is 1.20. The van der Waals surface area contributed by atoms with Crippen molar-refractivity contribution in [3.63, 3.8) is 0 Å². The zero-order chi connectivity index (χ0) is 14.3. The molecule has 1 N–H and O–H groups in total. The Labute approximate surface area is 115 Å². The average molecular weight is 265 g/mol. The molecule has 0 fully saturated rings. The molecule has 0 radical (unpaired) electrons. The van der Waals surface area contributed by atoms with Crippen LogP contribution in [0.3, 0.4) is 0 Å². The number of carboxylic acid groups (broad SMARTS) is 1. The molecule has 4 heteroatoms. The molecule has 1 aromatic rings. The summed E-state index contributed by atoms with van der Waals surface area (Å²) in [5.74, 6) is 0.306. The standard InChI is InChI=1S/C15H23NO3/c1-4-19-14-7-5-13(6-8-14)11-16(3)10-12(2)9-15(17)18/h5-8,12H,4,9-11H2,1-3H3,(H,17,18). The van der Waals surface area contributed by atoms with Gasteiger partial charge in [-0.25, -0.2) is 0 Å². The Bertz CT molecular complexity index is 389. The number of carboxylic acids is 1. The van der Waals surface area contributed by atoms with Gasteiger partial charge in [0.05, 0.1) is 6.61 Å². The van der Waals surface area contributed by atoms with E-state index in [0.29, 0.717) is 6.61 Å². The lowest BCUT2D eigenvalue weighted by Gasteiger charge is -2.20. The van der Waals surface area contributed by atoms with Gasteiger partial charge in [-0.05, 0) is 37.6 Å². The average Bonchev–Trinajstić information content (AvgIpc) is 2.30. The second-order valence-electron chi connectivity index (χ2n) is 4.98. The molecular formula is C15H23NO3. The molecule has 0 amide bonds. The van der Waals surface area contributed by atoms with Gasteiger partial charge in [-0.15, -0.1) is 0 Å². The summed E-state index contributed by atoms with van der Waals surface area (Å²) in [6.45, 7) is 6.19. The van der Waals surface area contributed by atoms with Crippen molar-refractivity contribution in [1.29, 1.82) is 0 Å². The van der Waals surface area contributed by atoms with Crippen LogP contribution in [0.25, 0.3) is 0 Å². The van der Waals surface area contributed by atoms with Gasteiger partial charge in [-0.3, -0.25) is 4.79 Å². The van der Waals surface area contributed by atoms with Crippen molar-refractivity contribution >= 4 is 5.97 Å². The zero-order valence-corrected chi connectivity index (χ0v) is 11.9. The normalized spacial score (nSPS) is 12.4. The van der Waals surface area contributed by atoms with Crippen LogP contribution in [0.4, 0.5) is 0 Å². The summed E-state index contributed by atoms with van der Waals surface area (Å²) in [5, 5.41) is 8.74. The number of aliphatic carboxylic acids is 1.